The Kier molecular flexibility index (Phi) is 7.97. The third-order valence-corrected chi connectivity index (χ3v) is 7.64. The summed E-state index contributed by atoms with van der Waals surface area (Å²) in [5.74, 6) is 12.9. The molecule has 2 aromatic heterocycles. The average molecular weight is 587 g/mol. The molecule has 0 amide bonds. The summed E-state index contributed by atoms with van der Waals surface area (Å²) < 4.78 is 0. The summed E-state index contributed by atoms with van der Waals surface area (Å²) in [6, 6.07) is 47.2. The fourth-order valence-electron chi connectivity index (χ4n) is 5.46. The van der Waals surface area contributed by atoms with Crippen molar-refractivity contribution in [3.05, 3.63) is 203 Å². The molecule has 0 spiro atoms. The maximum absolute atomic E-state index is 14.5. The van der Waals surface area contributed by atoms with Gasteiger partial charge in [0.1, 0.15) is 0 Å². The number of allylic oxidation sites excluding steroid dienone is 4. The third-order valence-electron chi connectivity index (χ3n) is 7.64. The van der Waals surface area contributed by atoms with Crippen molar-refractivity contribution in [2.24, 2.45) is 0 Å². The van der Waals surface area contributed by atoms with Gasteiger partial charge in [0.05, 0.1) is 22.5 Å². The molecule has 0 saturated heterocycles. The lowest BCUT2D eigenvalue weighted by molar-refractivity contribution is -0.108. The summed E-state index contributed by atoms with van der Waals surface area (Å²) in [7, 11) is 0. The molecule has 4 aromatic carbocycles. The van der Waals surface area contributed by atoms with Crippen LogP contribution in [0.5, 0.6) is 0 Å². The highest BCUT2D eigenvalue weighted by Gasteiger charge is 2.36. The lowest BCUT2D eigenvalue weighted by Gasteiger charge is -2.13. The molecule has 2 heterocycles. The summed E-state index contributed by atoms with van der Waals surface area (Å²) in [4.78, 5) is 23.7. The number of carbonyl (C=O) groups is 1. The molecule has 0 saturated carbocycles. The molecule has 3 heteroatoms. The van der Waals surface area contributed by atoms with Gasteiger partial charge in [-0.1, -0.05) is 96.5 Å². The maximum atomic E-state index is 14.5. The van der Waals surface area contributed by atoms with Gasteiger partial charge in [0.15, 0.2) is 5.78 Å². The lowest BCUT2D eigenvalue weighted by atomic mass is 9.89. The van der Waals surface area contributed by atoms with E-state index >= 15 is 0 Å². The predicted octanol–water partition coefficient (Wildman–Crippen LogP) is 8.38. The predicted molar refractivity (Wildman–Crippen MR) is 185 cm³/mol. The number of hydrogen-bond donors (Lipinski definition) is 0. The van der Waals surface area contributed by atoms with Crippen molar-refractivity contribution in [3.63, 3.8) is 0 Å². The SMILES string of the molecule is O=C1C(c2ccccn2)=C(c2ccc(C#Cc3ccccc3)cc2)C(c2ccc(C#Cc3ccccc3)cc2)=C1c1ccccn1. The fourth-order valence-corrected chi connectivity index (χ4v) is 5.46. The van der Waals surface area contributed by atoms with Crippen LogP contribution in [0, 0.1) is 23.7 Å². The van der Waals surface area contributed by atoms with Gasteiger partial charge in [0.2, 0.25) is 0 Å². The normalized spacial score (nSPS) is 12.3. The van der Waals surface area contributed by atoms with Gasteiger partial charge in [-0.05, 0) is 83.9 Å². The summed E-state index contributed by atoms with van der Waals surface area (Å²) in [5, 5.41) is 0. The Balaban J connectivity index is 1.37. The second-order valence-electron chi connectivity index (χ2n) is 10.6. The molecule has 0 N–H and O–H groups in total. The Morgan fingerprint density at radius 1 is 0.348 bits per heavy atom. The number of ketones is 1. The van der Waals surface area contributed by atoms with E-state index in [-0.39, 0.29) is 5.78 Å². The number of pyridine rings is 2. The van der Waals surface area contributed by atoms with Gasteiger partial charge in [-0.25, -0.2) is 0 Å². The Morgan fingerprint density at radius 2 is 0.696 bits per heavy atom. The van der Waals surface area contributed by atoms with E-state index in [1.165, 1.54) is 0 Å². The van der Waals surface area contributed by atoms with Crippen LogP contribution in [0.3, 0.4) is 0 Å². The van der Waals surface area contributed by atoms with Crippen molar-refractivity contribution < 1.29 is 4.79 Å². The zero-order valence-corrected chi connectivity index (χ0v) is 24.8. The summed E-state index contributed by atoms with van der Waals surface area (Å²) in [5.41, 5.74) is 9.42. The van der Waals surface area contributed by atoms with Gasteiger partial charge in [-0.2, -0.15) is 0 Å². The van der Waals surface area contributed by atoms with E-state index in [1.807, 2.05) is 146 Å². The largest absolute Gasteiger partial charge is 0.288 e. The van der Waals surface area contributed by atoms with Gasteiger partial charge < -0.3 is 0 Å². The summed E-state index contributed by atoms with van der Waals surface area (Å²) >= 11 is 0. The molecule has 3 nitrogen and oxygen atoms in total. The molecule has 0 fully saturated rings. The molecule has 0 bridgehead atoms. The van der Waals surface area contributed by atoms with Crippen LogP contribution in [0.2, 0.25) is 0 Å². The van der Waals surface area contributed by atoms with Gasteiger partial charge in [-0.15, -0.1) is 0 Å². The molecule has 1 aliphatic carbocycles. The van der Waals surface area contributed by atoms with Gasteiger partial charge in [-0.3, -0.25) is 14.8 Å². The Hall–Kier alpha value is -6.55. The van der Waals surface area contributed by atoms with Crippen LogP contribution in [0.15, 0.2) is 158 Å². The van der Waals surface area contributed by atoms with Crippen molar-refractivity contribution in [2.75, 3.05) is 0 Å². The standard InChI is InChI=1S/C43H26N2O/c46-43-41(37-15-7-9-29-44-37)39(35-25-21-33(22-26-35)19-17-31-11-3-1-4-12-31)40(42(43)38-16-8-10-30-45-38)36-27-23-34(24-28-36)20-18-32-13-5-2-6-14-32/h1-16,21-30H. The van der Waals surface area contributed by atoms with Gasteiger partial charge in [0.25, 0.3) is 0 Å². The summed E-state index contributed by atoms with van der Waals surface area (Å²) in [6.07, 6.45) is 3.43. The molecule has 214 valence electrons. The van der Waals surface area contributed by atoms with E-state index in [0.29, 0.717) is 22.5 Å². The number of nitrogens with zero attached hydrogens (tertiary/aromatic N) is 2. The number of benzene rings is 4. The monoisotopic (exact) mass is 586 g/mol. The number of Topliss-reactive ketones (excluding diaryl/α,β-unsaturated/α-hetero) is 1. The highest BCUT2D eigenvalue weighted by Crippen LogP contribution is 2.49. The number of carbonyl (C=O) groups excluding carboxylic acids is 1. The van der Waals surface area contributed by atoms with Crippen LogP contribution in [0.1, 0.15) is 44.8 Å². The molecule has 6 aromatic rings. The second kappa shape index (κ2) is 13.0. The van der Waals surface area contributed by atoms with Crippen molar-refractivity contribution in [2.45, 2.75) is 0 Å². The third kappa shape index (κ3) is 5.95. The fraction of sp³-hybridized carbons (Fsp3) is 0. The highest BCUT2D eigenvalue weighted by molar-refractivity contribution is 6.58. The molecule has 0 unspecified atom stereocenters. The van der Waals surface area contributed by atoms with E-state index in [2.05, 4.69) is 33.6 Å². The zero-order valence-electron chi connectivity index (χ0n) is 24.8. The molecule has 0 atom stereocenters. The first-order chi connectivity index (χ1) is 22.7. The minimum absolute atomic E-state index is 0.108. The quantitative estimate of drug-likeness (QED) is 0.195. The summed E-state index contributed by atoms with van der Waals surface area (Å²) in [6.45, 7) is 0. The molecular weight excluding hydrogens is 560 g/mol. The number of aromatic nitrogens is 2. The first kappa shape index (κ1) is 28.2. The number of rotatable bonds is 4. The lowest BCUT2D eigenvalue weighted by Crippen LogP contribution is -2.04. The second-order valence-corrected chi connectivity index (χ2v) is 10.6. The van der Waals surface area contributed by atoms with Crippen LogP contribution < -0.4 is 0 Å². The van der Waals surface area contributed by atoms with Crippen LogP contribution >= 0.6 is 0 Å². The molecule has 0 aliphatic heterocycles. The molecule has 46 heavy (non-hydrogen) atoms. The van der Waals surface area contributed by atoms with Crippen molar-refractivity contribution in [1.82, 2.24) is 9.97 Å². The molecule has 7 rings (SSSR count). The Bertz CT molecular complexity index is 2050. The molecule has 0 radical (unpaired) electrons. The average Bonchev–Trinajstić information content (AvgIpc) is 3.44. The first-order valence-corrected chi connectivity index (χ1v) is 15.0. The van der Waals surface area contributed by atoms with E-state index in [4.69, 9.17) is 0 Å². The van der Waals surface area contributed by atoms with Gasteiger partial charge in [0, 0.05) is 45.8 Å². The van der Waals surface area contributed by atoms with Crippen molar-refractivity contribution in [1.29, 1.82) is 0 Å². The van der Waals surface area contributed by atoms with E-state index < -0.39 is 0 Å². The maximum Gasteiger partial charge on any atom is 0.198 e. The van der Waals surface area contributed by atoms with Crippen LogP contribution in [-0.4, -0.2) is 15.8 Å². The van der Waals surface area contributed by atoms with E-state index in [9.17, 15) is 4.79 Å². The van der Waals surface area contributed by atoms with Crippen LogP contribution in [-0.2, 0) is 4.79 Å². The van der Waals surface area contributed by atoms with E-state index in [1.54, 1.807) is 12.4 Å². The van der Waals surface area contributed by atoms with Crippen LogP contribution in [0.25, 0.3) is 22.3 Å². The highest BCUT2D eigenvalue weighted by atomic mass is 16.1. The smallest absolute Gasteiger partial charge is 0.198 e. The number of hydrogen-bond acceptors (Lipinski definition) is 3. The van der Waals surface area contributed by atoms with Gasteiger partial charge >= 0.3 is 0 Å². The van der Waals surface area contributed by atoms with Crippen molar-refractivity contribution >= 4 is 28.1 Å². The molecular formula is C43H26N2O. The van der Waals surface area contributed by atoms with E-state index in [0.717, 1.165) is 44.5 Å². The van der Waals surface area contributed by atoms with Crippen molar-refractivity contribution in [3.8, 4) is 23.7 Å². The first-order valence-electron chi connectivity index (χ1n) is 15.0. The topological polar surface area (TPSA) is 42.9 Å². The van der Waals surface area contributed by atoms with Crippen LogP contribution in [0.4, 0.5) is 0 Å². The minimum Gasteiger partial charge on any atom is -0.288 e. The minimum atomic E-state index is -0.108. The Morgan fingerprint density at radius 3 is 1.04 bits per heavy atom. The zero-order chi connectivity index (χ0) is 31.1. The molecule has 1 aliphatic rings. The Labute approximate surface area is 268 Å².